The van der Waals surface area contributed by atoms with Crippen molar-refractivity contribution >= 4 is 11.7 Å². The van der Waals surface area contributed by atoms with Crippen LogP contribution >= 0.6 is 0 Å². The van der Waals surface area contributed by atoms with Gasteiger partial charge in [-0.1, -0.05) is 0 Å². The van der Waals surface area contributed by atoms with E-state index in [4.69, 9.17) is 0 Å². The SMILES string of the molecule is CC(C)N(C(=O)n1cnn(-c2ccc(F)cc2F)c1=O)c1ccc(F)cc1F. The van der Waals surface area contributed by atoms with E-state index < -0.39 is 41.0 Å². The van der Waals surface area contributed by atoms with E-state index in [2.05, 4.69) is 5.10 Å². The Bertz CT molecular complexity index is 1110. The molecular formula is C18H14F4N4O2. The Labute approximate surface area is 156 Å². The minimum atomic E-state index is -1.05. The molecule has 2 aromatic carbocycles. The minimum Gasteiger partial charge on any atom is -0.288 e. The fourth-order valence-electron chi connectivity index (χ4n) is 2.65. The van der Waals surface area contributed by atoms with Crippen LogP contribution in [-0.2, 0) is 0 Å². The zero-order valence-electron chi connectivity index (χ0n) is 14.7. The summed E-state index contributed by atoms with van der Waals surface area (Å²) in [7, 11) is 0. The van der Waals surface area contributed by atoms with Gasteiger partial charge in [-0.25, -0.2) is 27.2 Å². The molecule has 6 nitrogen and oxygen atoms in total. The molecule has 3 rings (SSSR count). The summed E-state index contributed by atoms with van der Waals surface area (Å²) in [5, 5.41) is 3.67. The van der Waals surface area contributed by atoms with Crippen molar-refractivity contribution in [2.45, 2.75) is 19.9 Å². The molecule has 0 bridgehead atoms. The van der Waals surface area contributed by atoms with E-state index in [9.17, 15) is 27.2 Å². The van der Waals surface area contributed by atoms with Crippen LogP contribution in [0.3, 0.4) is 0 Å². The summed E-state index contributed by atoms with van der Waals surface area (Å²) in [6.07, 6.45) is 0.838. The molecule has 0 N–H and O–H groups in total. The van der Waals surface area contributed by atoms with Crippen molar-refractivity contribution in [2.75, 3.05) is 4.90 Å². The molecule has 1 amide bonds. The predicted octanol–water partition coefficient (Wildman–Crippen LogP) is 3.47. The number of hydrogen-bond acceptors (Lipinski definition) is 3. The van der Waals surface area contributed by atoms with Crippen LogP contribution in [0.4, 0.5) is 28.0 Å². The first kappa shape index (κ1) is 19.3. The molecule has 0 aliphatic heterocycles. The highest BCUT2D eigenvalue weighted by Gasteiger charge is 2.26. The molecule has 3 aromatic rings. The smallest absolute Gasteiger partial charge is 0.288 e. The van der Waals surface area contributed by atoms with Crippen molar-refractivity contribution in [3.05, 3.63) is 76.5 Å². The number of anilines is 1. The van der Waals surface area contributed by atoms with Crippen LogP contribution in [0.1, 0.15) is 13.8 Å². The number of rotatable bonds is 3. The number of benzene rings is 2. The molecule has 0 radical (unpaired) electrons. The maximum Gasteiger partial charge on any atom is 0.358 e. The molecule has 0 aliphatic rings. The Morgan fingerprint density at radius 3 is 2.18 bits per heavy atom. The fraction of sp³-hybridized carbons (Fsp3) is 0.167. The van der Waals surface area contributed by atoms with Gasteiger partial charge in [0.15, 0.2) is 5.82 Å². The first-order chi connectivity index (χ1) is 13.2. The van der Waals surface area contributed by atoms with Crippen LogP contribution in [0.2, 0.25) is 0 Å². The monoisotopic (exact) mass is 394 g/mol. The van der Waals surface area contributed by atoms with Gasteiger partial charge >= 0.3 is 11.7 Å². The molecule has 0 fully saturated rings. The third kappa shape index (κ3) is 3.40. The number of hydrogen-bond donors (Lipinski definition) is 0. The molecule has 1 heterocycles. The van der Waals surface area contributed by atoms with Crippen LogP contribution in [-0.4, -0.2) is 26.4 Å². The van der Waals surface area contributed by atoms with Crippen molar-refractivity contribution < 1.29 is 22.4 Å². The number of amides is 1. The maximum atomic E-state index is 14.2. The quantitative estimate of drug-likeness (QED) is 0.639. The molecule has 0 atom stereocenters. The third-order valence-electron chi connectivity index (χ3n) is 3.91. The van der Waals surface area contributed by atoms with E-state index in [-0.39, 0.29) is 11.4 Å². The topological polar surface area (TPSA) is 60.1 Å². The second-order valence-corrected chi connectivity index (χ2v) is 6.13. The predicted molar refractivity (Wildman–Crippen MR) is 92.5 cm³/mol. The molecule has 0 unspecified atom stereocenters. The minimum absolute atomic E-state index is 0.242. The lowest BCUT2D eigenvalue weighted by Crippen LogP contribution is -2.44. The van der Waals surface area contributed by atoms with Gasteiger partial charge in [-0.3, -0.25) is 4.90 Å². The maximum absolute atomic E-state index is 14.2. The van der Waals surface area contributed by atoms with E-state index in [1.165, 1.54) is 0 Å². The molecule has 0 saturated heterocycles. The van der Waals surface area contributed by atoms with Gasteiger partial charge in [0.05, 0.1) is 5.69 Å². The Morgan fingerprint density at radius 1 is 1.00 bits per heavy atom. The summed E-state index contributed by atoms with van der Waals surface area (Å²) >= 11 is 0. The lowest BCUT2D eigenvalue weighted by atomic mass is 10.2. The standard InChI is InChI=1S/C18H14F4N4O2/c1-10(2)25(15-5-3-11(19)7-13(15)21)17(27)24-9-23-26(18(24)28)16-6-4-12(20)8-14(16)22/h3-10H,1-2H3. The van der Waals surface area contributed by atoms with Gasteiger partial charge in [0.2, 0.25) is 0 Å². The molecule has 10 heteroatoms. The average molecular weight is 394 g/mol. The van der Waals surface area contributed by atoms with Gasteiger partial charge < -0.3 is 0 Å². The van der Waals surface area contributed by atoms with Gasteiger partial charge in [0, 0.05) is 18.2 Å². The highest BCUT2D eigenvalue weighted by molar-refractivity contribution is 5.94. The fourth-order valence-corrected chi connectivity index (χ4v) is 2.65. The second kappa shape index (κ2) is 7.29. The summed E-state index contributed by atoms with van der Waals surface area (Å²) in [6, 6.07) is 3.56. The molecule has 0 spiro atoms. The highest BCUT2D eigenvalue weighted by Crippen LogP contribution is 2.23. The van der Waals surface area contributed by atoms with Gasteiger partial charge in [-0.2, -0.15) is 14.3 Å². The third-order valence-corrected chi connectivity index (χ3v) is 3.91. The number of nitrogens with zero attached hydrogens (tertiary/aromatic N) is 4. The number of halogens is 4. The van der Waals surface area contributed by atoms with Crippen LogP contribution < -0.4 is 10.6 Å². The van der Waals surface area contributed by atoms with Crippen molar-refractivity contribution in [3.63, 3.8) is 0 Å². The van der Waals surface area contributed by atoms with Crippen molar-refractivity contribution in [3.8, 4) is 5.69 Å². The largest absolute Gasteiger partial charge is 0.358 e. The van der Waals surface area contributed by atoms with E-state index >= 15 is 0 Å². The highest BCUT2D eigenvalue weighted by atomic mass is 19.1. The van der Waals surface area contributed by atoms with Crippen molar-refractivity contribution in [1.82, 2.24) is 14.3 Å². The number of aromatic nitrogens is 3. The first-order valence-electron chi connectivity index (χ1n) is 8.11. The molecule has 0 aliphatic carbocycles. The normalized spacial score (nSPS) is 11.1. The van der Waals surface area contributed by atoms with Gasteiger partial charge in [0.1, 0.15) is 29.5 Å². The summed E-state index contributed by atoms with van der Waals surface area (Å²) in [5.74, 6) is -3.71. The Kier molecular flexibility index (Phi) is 5.04. The van der Waals surface area contributed by atoms with Crippen LogP contribution in [0.15, 0.2) is 47.5 Å². The first-order valence-corrected chi connectivity index (χ1v) is 8.11. The van der Waals surface area contributed by atoms with Gasteiger partial charge in [0.25, 0.3) is 0 Å². The lowest BCUT2D eigenvalue weighted by molar-refractivity contribution is 0.245. The molecule has 1 aromatic heterocycles. The number of carbonyl (C=O) groups excluding carboxylic acids is 1. The number of carbonyl (C=O) groups is 1. The summed E-state index contributed by atoms with van der Waals surface area (Å²) in [6.45, 7) is 3.13. The van der Waals surface area contributed by atoms with Crippen molar-refractivity contribution in [1.29, 1.82) is 0 Å². The van der Waals surface area contributed by atoms with Crippen molar-refractivity contribution in [2.24, 2.45) is 0 Å². The second-order valence-electron chi connectivity index (χ2n) is 6.13. The average Bonchev–Trinajstić information content (AvgIpc) is 2.98. The summed E-state index contributed by atoms with van der Waals surface area (Å²) < 4.78 is 55.5. The Hall–Kier alpha value is -3.43. The van der Waals surface area contributed by atoms with E-state index in [1.54, 1.807) is 13.8 Å². The summed E-state index contributed by atoms with van der Waals surface area (Å²) in [4.78, 5) is 26.3. The van der Waals surface area contributed by atoms with Crippen LogP contribution in [0, 0.1) is 23.3 Å². The van der Waals surface area contributed by atoms with Gasteiger partial charge in [-0.05, 0) is 38.1 Å². The van der Waals surface area contributed by atoms with Crippen LogP contribution in [0.25, 0.3) is 5.69 Å². The molecular weight excluding hydrogens is 380 g/mol. The van der Waals surface area contributed by atoms with E-state index in [0.29, 0.717) is 21.4 Å². The molecule has 0 saturated carbocycles. The lowest BCUT2D eigenvalue weighted by Gasteiger charge is -2.26. The van der Waals surface area contributed by atoms with E-state index in [1.807, 2.05) is 0 Å². The molecule has 146 valence electrons. The zero-order valence-corrected chi connectivity index (χ0v) is 14.7. The zero-order chi connectivity index (χ0) is 20.6. The van der Waals surface area contributed by atoms with Gasteiger partial charge in [-0.15, -0.1) is 0 Å². The molecule has 28 heavy (non-hydrogen) atoms. The van der Waals surface area contributed by atoms with E-state index in [0.717, 1.165) is 35.5 Å². The van der Waals surface area contributed by atoms with Crippen LogP contribution in [0.5, 0.6) is 0 Å². The Balaban J connectivity index is 2.06. The summed E-state index contributed by atoms with van der Waals surface area (Å²) in [5.41, 5.74) is -1.64. The Morgan fingerprint density at radius 2 is 1.61 bits per heavy atom.